The summed E-state index contributed by atoms with van der Waals surface area (Å²) in [5.74, 6) is 0.214. The molecule has 0 bridgehead atoms. The number of aromatic amines is 1. The number of nitrogens with zero attached hydrogens (tertiary/aromatic N) is 4. The minimum absolute atomic E-state index is 0.0262. The van der Waals surface area contributed by atoms with E-state index in [9.17, 15) is 9.18 Å². The van der Waals surface area contributed by atoms with Gasteiger partial charge in [0.1, 0.15) is 11.6 Å². The van der Waals surface area contributed by atoms with Gasteiger partial charge in [0, 0.05) is 30.4 Å². The molecule has 1 aromatic carbocycles. The molecular weight excluding hydrogens is 395 g/mol. The van der Waals surface area contributed by atoms with Gasteiger partial charge in [-0.3, -0.25) is 14.8 Å². The lowest BCUT2D eigenvalue weighted by molar-refractivity contribution is -0.136. The Morgan fingerprint density at radius 3 is 2.97 bits per heavy atom. The van der Waals surface area contributed by atoms with Crippen LogP contribution in [0.25, 0.3) is 11.1 Å². The third kappa shape index (κ3) is 4.74. The van der Waals surface area contributed by atoms with Crippen molar-refractivity contribution in [1.29, 1.82) is 0 Å². The molecule has 3 N–H and O–H groups in total. The predicted molar refractivity (Wildman–Crippen MR) is 117 cm³/mol. The van der Waals surface area contributed by atoms with Crippen molar-refractivity contribution in [3.05, 3.63) is 65.9 Å². The summed E-state index contributed by atoms with van der Waals surface area (Å²) in [6.45, 7) is 1.28. The highest BCUT2D eigenvalue weighted by Gasteiger charge is 2.31. The number of carbonyl (C=O) groups excluding carboxylic acids is 1. The molecule has 1 unspecified atom stereocenters. The number of nitrogen functional groups attached to an aromatic ring is 1. The van der Waals surface area contributed by atoms with Crippen LogP contribution in [0.4, 0.5) is 10.2 Å². The number of H-pyrrole nitrogens is 1. The summed E-state index contributed by atoms with van der Waals surface area (Å²) in [5, 5.41) is 7.36. The van der Waals surface area contributed by atoms with Gasteiger partial charge in [0.15, 0.2) is 0 Å². The van der Waals surface area contributed by atoms with Crippen LogP contribution in [-0.4, -0.2) is 51.0 Å². The Bertz CT molecular complexity index is 1050. The largest absolute Gasteiger partial charge is 0.384 e. The molecule has 1 saturated heterocycles. The first kappa shape index (κ1) is 21.0. The fourth-order valence-corrected chi connectivity index (χ4v) is 4.22. The molecule has 1 atom stereocenters. The number of halogens is 1. The number of rotatable bonds is 6. The van der Waals surface area contributed by atoms with E-state index in [4.69, 9.17) is 5.73 Å². The minimum atomic E-state index is -0.253. The lowest BCUT2D eigenvalue weighted by atomic mass is 9.94. The third-order valence-electron chi connectivity index (χ3n) is 5.72. The number of aromatic nitrogens is 3. The van der Waals surface area contributed by atoms with E-state index in [0.29, 0.717) is 24.5 Å². The van der Waals surface area contributed by atoms with Gasteiger partial charge >= 0.3 is 0 Å². The molecule has 7 nitrogen and oxygen atoms in total. The van der Waals surface area contributed by atoms with E-state index >= 15 is 0 Å². The fourth-order valence-electron chi connectivity index (χ4n) is 4.22. The number of carbonyl (C=O) groups is 1. The summed E-state index contributed by atoms with van der Waals surface area (Å²) < 4.78 is 14.0. The van der Waals surface area contributed by atoms with E-state index in [1.165, 1.54) is 6.07 Å². The van der Waals surface area contributed by atoms with Gasteiger partial charge in [-0.2, -0.15) is 5.10 Å². The predicted octanol–water partition coefficient (Wildman–Crippen LogP) is 3.38. The van der Waals surface area contributed by atoms with Gasteiger partial charge in [0.2, 0.25) is 5.91 Å². The third-order valence-corrected chi connectivity index (χ3v) is 5.72. The second-order valence-corrected chi connectivity index (χ2v) is 8.03. The highest BCUT2D eigenvalue weighted by molar-refractivity contribution is 5.79. The van der Waals surface area contributed by atoms with Crippen LogP contribution in [0.15, 0.2) is 48.8 Å². The smallest absolute Gasteiger partial charge is 0.237 e. The molecule has 0 aliphatic carbocycles. The molecule has 0 saturated carbocycles. The quantitative estimate of drug-likeness (QED) is 0.636. The van der Waals surface area contributed by atoms with E-state index in [-0.39, 0.29) is 24.3 Å². The normalized spacial score (nSPS) is 16.6. The van der Waals surface area contributed by atoms with Gasteiger partial charge in [-0.15, -0.1) is 0 Å². The Labute approximate surface area is 181 Å². The van der Waals surface area contributed by atoms with Crippen molar-refractivity contribution in [2.45, 2.75) is 31.8 Å². The van der Waals surface area contributed by atoms with Crippen molar-refractivity contribution in [1.82, 2.24) is 25.0 Å². The number of hydrogen-bond acceptors (Lipinski definition) is 5. The van der Waals surface area contributed by atoms with Gasteiger partial charge in [-0.05, 0) is 50.1 Å². The lowest BCUT2D eigenvalue weighted by Gasteiger charge is -2.36. The van der Waals surface area contributed by atoms with E-state index < -0.39 is 0 Å². The van der Waals surface area contributed by atoms with Crippen LogP contribution in [0, 0.1) is 5.82 Å². The van der Waals surface area contributed by atoms with Crippen molar-refractivity contribution >= 4 is 11.7 Å². The molecule has 4 rings (SSSR count). The monoisotopic (exact) mass is 422 g/mol. The summed E-state index contributed by atoms with van der Waals surface area (Å²) in [6.07, 6.45) is 6.30. The van der Waals surface area contributed by atoms with Crippen molar-refractivity contribution in [2.24, 2.45) is 0 Å². The first-order valence-electron chi connectivity index (χ1n) is 10.5. The maximum absolute atomic E-state index is 14.0. The molecule has 0 spiro atoms. The zero-order valence-electron chi connectivity index (χ0n) is 17.6. The summed E-state index contributed by atoms with van der Waals surface area (Å²) in [5.41, 5.74) is 9.21. The Balaban J connectivity index is 1.51. The maximum Gasteiger partial charge on any atom is 0.237 e. The van der Waals surface area contributed by atoms with Crippen LogP contribution in [-0.2, 0) is 11.3 Å². The topological polar surface area (TPSA) is 91.1 Å². The molecule has 31 heavy (non-hydrogen) atoms. The second kappa shape index (κ2) is 9.26. The zero-order valence-corrected chi connectivity index (χ0v) is 17.6. The van der Waals surface area contributed by atoms with E-state index in [2.05, 4.69) is 15.2 Å². The summed E-state index contributed by atoms with van der Waals surface area (Å²) in [7, 11) is 1.84. The van der Waals surface area contributed by atoms with E-state index in [0.717, 1.165) is 36.1 Å². The Morgan fingerprint density at radius 2 is 2.16 bits per heavy atom. The number of pyridine rings is 1. The molecular formula is C23H27FN6O. The molecule has 2 aromatic heterocycles. The van der Waals surface area contributed by atoms with Gasteiger partial charge in [-0.1, -0.05) is 18.2 Å². The van der Waals surface area contributed by atoms with Gasteiger partial charge in [0.25, 0.3) is 0 Å². The highest BCUT2D eigenvalue weighted by Crippen LogP contribution is 2.36. The Kier molecular flexibility index (Phi) is 6.27. The van der Waals surface area contributed by atoms with Crippen LogP contribution in [0.1, 0.15) is 36.6 Å². The molecule has 162 valence electrons. The Morgan fingerprint density at radius 1 is 1.32 bits per heavy atom. The maximum atomic E-state index is 14.0. The molecule has 1 fully saturated rings. The first-order valence-corrected chi connectivity index (χ1v) is 10.5. The number of nitrogens with one attached hydrogen (secondary N) is 1. The molecule has 1 amide bonds. The van der Waals surface area contributed by atoms with Crippen LogP contribution in [0.2, 0.25) is 0 Å². The second-order valence-electron chi connectivity index (χ2n) is 8.03. The van der Waals surface area contributed by atoms with Crippen LogP contribution >= 0.6 is 0 Å². The minimum Gasteiger partial charge on any atom is -0.384 e. The molecule has 0 radical (unpaired) electrons. The number of amides is 1. The zero-order chi connectivity index (χ0) is 21.8. The van der Waals surface area contributed by atoms with Crippen molar-refractivity contribution < 1.29 is 9.18 Å². The molecule has 1 aliphatic rings. The van der Waals surface area contributed by atoms with Gasteiger partial charge in [0.05, 0.1) is 24.5 Å². The molecule has 1 aliphatic heterocycles. The number of nitrogens with two attached hydrogens (primary N) is 1. The fraction of sp³-hybridized carbons (Fsp3) is 0.348. The van der Waals surface area contributed by atoms with Gasteiger partial charge in [-0.25, -0.2) is 9.37 Å². The van der Waals surface area contributed by atoms with E-state index in [1.807, 2.05) is 29.0 Å². The van der Waals surface area contributed by atoms with Crippen molar-refractivity contribution in [2.75, 3.05) is 25.9 Å². The summed E-state index contributed by atoms with van der Waals surface area (Å²) in [6, 6.07) is 10.3. The van der Waals surface area contributed by atoms with Crippen molar-refractivity contribution in [3.63, 3.8) is 0 Å². The average molecular weight is 423 g/mol. The van der Waals surface area contributed by atoms with E-state index in [1.54, 1.807) is 30.6 Å². The highest BCUT2D eigenvalue weighted by atomic mass is 19.1. The van der Waals surface area contributed by atoms with Crippen molar-refractivity contribution in [3.8, 4) is 11.1 Å². The molecule has 3 aromatic rings. The lowest BCUT2D eigenvalue weighted by Crippen LogP contribution is -2.43. The van der Waals surface area contributed by atoms with Crippen LogP contribution in [0.5, 0.6) is 0 Å². The summed E-state index contributed by atoms with van der Waals surface area (Å²) in [4.78, 5) is 21.0. The van der Waals surface area contributed by atoms with Gasteiger partial charge < -0.3 is 10.6 Å². The number of likely N-dealkylation sites (N-methyl/N-ethyl adjacent to an activating group) is 1. The number of hydrogen-bond donors (Lipinski definition) is 2. The standard InChI is InChI=1S/C23H27FN6O/c1-29(14-17-6-2-3-7-19(17)24)15-22(31)30-11-5-4-8-20(30)23-18(13-27-28-23)16-9-10-26-21(25)12-16/h2-3,6-7,9-10,12-13,20H,4-5,8,11,14-15H2,1H3,(H2,25,26)(H,27,28). The number of benzene rings is 1. The molecule has 8 heteroatoms. The first-order chi connectivity index (χ1) is 15.0. The summed E-state index contributed by atoms with van der Waals surface area (Å²) >= 11 is 0. The van der Waals surface area contributed by atoms with Crippen LogP contribution in [0.3, 0.4) is 0 Å². The number of likely N-dealkylation sites (tertiary alicyclic amines) is 1. The average Bonchev–Trinajstić information content (AvgIpc) is 3.25. The van der Waals surface area contributed by atoms with Crippen LogP contribution < -0.4 is 5.73 Å². The molecule has 3 heterocycles. The Hall–Kier alpha value is -3.26. The number of piperidine rings is 1. The number of anilines is 1. The SMILES string of the molecule is CN(CC(=O)N1CCCCC1c1[nH]ncc1-c1ccnc(N)c1)Cc1ccccc1F.